The van der Waals surface area contributed by atoms with Crippen LogP contribution < -0.4 is 4.65 Å². The summed E-state index contributed by atoms with van der Waals surface area (Å²) in [4.78, 5) is 26.4. The van der Waals surface area contributed by atoms with Gasteiger partial charge in [0.05, 0.1) is 13.2 Å². The Hall–Kier alpha value is -1.90. The topological polar surface area (TPSA) is 85.3 Å². The van der Waals surface area contributed by atoms with Crippen LogP contribution in [0.15, 0.2) is 18.2 Å². The van der Waals surface area contributed by atoms with Gasteiger partial charge < -0.3 is 19.2 Å². The number of para-hydroxylation sites is 1. The lowest BCUT2D eigenvalue weighted by atomic mass is 9.64. The van der Waals surface area contributed by atoms with Crippen LogP contribution in [0.1, 0.15) is 35.7 Å². The van der Waals surface area contributed by atoms with Gasteiger partial charge in [-0.05, 0) is 18.1 Å². The number of fused-ring (bicyclic) bond motifs is 1. The number of rotatable bonds is 7. The molecule has 7 nitrogen and oxygen atoms in total. The van der Waals surface area contributed by atoms with Gasteiger partial charge in [0.25, 0.3) is 0 Å². The summed E-state index contributed by atoms with van der Waals surface area (Å²) in [6.45, 7) is 5.84. The standard InChI is InChI=1S/C19H26BNO6/c1-2-16(22)13-15-12-14-4-3-5-17(18(14)27-20(15)24)19(23)26-11-8-21-6-9-25-10-7-21/h3-5,15,24H,2,6-13H2,1H3/t15-/m1/s1. The molecule has 1 fully saturated rings. The van der Waals surface area contributed by atoms with Crippen molar-refractivity contribution in [3.05, 3.63) is 29.3 Å². The Bertz CT molecular complexity index is 676. The molecular formula is C19H26BNO6. The average Bonchev–Trinajstić information content (AvgIpc) is 2.68. The van der Waals surface area contributed by atoms with Crippen molar-refractivity contribution in [2.75, 3.05) is 39.5 Å². The number of ketones is 1. The zero-order valence-corrected chi connectivity index (χ0v) is 15.7. The van der Waals surface area contributed by atoms with Crippen LogP contribution in [0, 0.1) is 0 Å². The van der Waals surface area contributed by atoms with Crippen LogP contribution in [0.2, 0.25) is 5.82 Å². The first-order valence-corrected chi connectivity index (χ1v) is 9.54. The summed E-state index contributed by atoms with van der Waals surface area (Å²) in [5.41, 5.74) is 1.13. The molecule has 0 unspecified atom stereocenters. The predicted octanol–water partition coefficient (Wildman–Crippen LogP) is 1.33. The van der Waals surface area contributed by atoms with Crippen molar-refractivity contribution >= 4 is 18.9 Å². The summed E-state index contributed by atoms with van der Waals surface area (Å²) in [5, 5.41) is 10.3. The molecular weight excluding hydrogens is 349 g/mol. The van der Waals surface area contributed by atoms with Crippen molar-refractivity contribution in [1.29, 1.82) is 0 Å². The van der Waals surface area contributed by atoms with Gasteiger partial charge in [0.15, 0.2) is 0 Å². The van der Waals surface area contributed by atoms with E-state index in [1.165, 1.54) is 0 Å². The molecule has 1 atom stereocenters. The molecule has 2 aliphatic heterocycles. The Morgan fingerprint density at radius 3 is 2.85 bits per heavy atom. The molecule has 0 aliphatic carbocycles. The van der Waals surface area contributed by atoms with Crippen molar-refractivity contribution in [3.8, 4) is 5.75 Å². The van der Waals surface area contributed by atoms with Crippen LogP contribution in [-0.4, -0.2) is 68.2 Å². The van der Waals surface area contributed by atoms with Gasteiger partial charge in [-0.1, -0.05) is 19.1 Å². The molecule has 1 N–H and O–H groups in total. The Labute approximate surface area is 159 Å². The second kappa shape index (κ2) is 9.35. The van der Waals surface area contributed by atoms with Crippen LogP contribution in [0.4, 0.5) is 0 Å². The number of carbonyl (C=O) groups is 2. The van der Waals surface area contributed by atoms with E-state index in [1.54, 1.807) is 19.1 Å². The summed E-state index contributed by atoms with van der Waals surface area (Å²) in [6.07, 6.45) is 1.20. The van der Waals surface area contributed by atoms with Gasteiger partial charge in [0.1, 0.15) is 23.7 Å². The summed E-state index contributed by atoms with van der Waals surface area (Å²) in [7, 11) is -1.10. The van der Waals surface area contributed by atoms with Gasteiger partial charge in [-0.15, -0.1) is 0 Å². The van der Waals surface area contributed by atoms with E-state index in [0.717, 1.165) is 18.7 Å². The lowest BCUT2D eigenvalue weighted by molar-refractivity contribution is -0.118. The highest BCUT2D eigenvalue weighted by Crippen LogP contribution is 2.36. The zero-order valence-electron chi connectivity index (χ0n) is 15.7. The van der Waals surface area contributed by atoms with Gasteiger partial charge in [-0.2, -0.15) is 0 Å². The first-order valence-electron chi connectivity index (χ1n) is 9.54. The second-order valence-corrected chi connectivity index (χ2v) is 6.95. The fourth-order valence-corrected chi connectivity index (χ4v) is 3.43. The van der Waals surface area contributed by atoms with E-state index in [-0.39, 0.29) is 18.0 Å². The van der Waals surface area contributed by atoms with Crippen molar-refractivity contribution in [3.63, 3.8) is 0 Å². The van der Waals surface area contributed by atoms with Gasteiger partial charge in [-0.3, -0.25) is 9.69 Å². The van der Waals surface area contributed by atoms with Crippen molar-refractivity contribution < 1.29 is 28.7 Å². The van der Waals surface area contributed by atoms with Crippen LogP contribution in [-0.2, 0) is 20.7 Å². The highest BCUT2D eigenvalue weighted by molar-refractivity contribution is 6.47. The molecule has 0 saturated carbocycles. The van der Waals surface area contributed by atoms with Crippen LogP contribution >= 0.6 is 0 Å². The third kappa shape index (κ3) is 5.09. The van der Waals surface area contributed by atoms with Crippen molar-refractivity contribution in [2.45, 2.75) is 32.0 Å². The lowest BCUT2D eigenvalue weighted by Gasteiger charge is -2.28. The molecule has 1 aromatic carbocycles. The Kier molecular flexibility index (Phi) is 6.87. The Morgan fingerprint density at radius 2 is 2.11 bits per heavy atom. The number of hydrogen-bond acceptors (Lipinski definition) is 7. The highest BCUT2D eigenvalue weighted by Gasteiger charge is 2.37. The first kappa shape index (κ1) is 19.9. The normalized spacial score (nSPS) is 19.9. The van der Waals surface area contributed by atoms with Gasteiger partial charge in [0.2, 0.25) is 0 Å². The molecule has 1 aromatic rings. The van der Waals surface area contributed by atoms with Crippen molar-refractivity contribution in [2.24, 2.45) is 0 Å². The zero-order chi connectivity index (χ0) is 19.2. The predicted molar refractivity (Wildman–Crippen MR) is 100.0 cm³/mol. The molecule has 2 aliphatic rings. The monoisotopic (exact) mass is 375 g/mol. The Morgan fingerprint density at radius 1 is 1.33 bits per heavy atom. The highest BCUT2D eigenvalue weighted by atomic mass is 16.5. The van der Waals surface area contributed by atoms with E-state index < -0.39 is 13.1 Å². The maximum atomic E-state index is 12.5. The van der Waals surface area contributed by atoms with Gasteiger partial charge in [0, 0.05) is 38.3 Å². The molecule has 0 amide bonds. The molecule has 3 rings (SSSR count). The minimum atomic E-state index is -1.10. The van der Waals surface area contributed by atoms with Crippen LogP contribution in [0.5, 0.6) is 5.75 Å². The molecule has 146 valence electrons. The summed E-state index contributed by atoms with van der Waals surface area (Å²) < 4.78 is 16.3. The molecule has 27 heavy (non-hydrogen) atoms. The number of nitrogens with zero attached hydrogens (tertiary/aromatic N) is 1. The summed E-state index contributed by atoms with van der Waals surface area (Å²) in [5.74, 6) is -0.306. The first-order chi connectivity index (χ1) is 13.1. The van der Waals surface area contributed by atoms with Crippen LogP contribution in [0.3, 0.4) is 0 Å². The molecule has 0 bridgehead atoms. The number of carbonyl (C=O) groups excluding carboxylic acids is 2. The number of Topliss-reactive ketones (excluding diaryl/α,β-unsaturated/α-hetero) is 1. The molecule has 0 spiro atoms. The maximum Gasteiger partial charge on any atom is 0.526 e. The summed E-state index contributed by atoms with van der Waals surface area (Å²) in [6, 6.07) is 5.27. The fourth-order valence-electron chi connectivity index (χ4n) is 3.43. The summed E-state index contributed by atoms with van der Waals surface area (Å²) >= 11 is 0. The SMILES string of the molecule is CCC(=O)C[C@H]1Cc2cccc(C(=O)OCCN3CCOCC3)c2OB1O. The van der Waals surface area contributed by atoms with E-state index in [1.807, 2.05) is 6.07 Å². The van der Waals surface area contributed by atoms with Crippen molar-refractivity contribution in [1.82, 2.24) is 4.90 Å². The van der Waals surface area contributed by atoms with E-state index >= 15 is 0 Å². The number of morpholine rings is 1. The van der Waals surface area contributed by atoms with E-state index in [9.17, 15) is 14.6 Å². The smallest absolute Gasteiger partial charge is 0.526 e. The maximum absolute atomic E-state index is 12.5. The number of benzene rings is 1. The number of ether oxygens (including phenoxy) is 2. The van der Waals surface area contributed by atoms with Crippen LogP contribution in [0.25, 0.3) is 0 Å². The van der Waals surface area contributed by atoms with E-state index in [4.69, 9.17) is 14.1 Å². The number of esters is 1. The fraction of sp³-hybridized carbons (Fsp3) is 0.579. The second-order valence-electron chi connectivity index (χ2n) is 6.95. The van der Waals surface area contributed by atoms with E-state index in [2.05, 4.69) is 4.90 Å². The lowest BCUT2D eigenvalue weighted by Crippen LogP contribution is -2.38. The van der Waals surface area contributed by atoms with E-state index in [0.29, 0.717) is 50.5 Å². The minimum absolute atomic E-state index is 0.0878. The Balaban J connectivity index is 1.61. The quantitative estimate of drug-likeness (QED) is 0.569. The molecule has 0 aromatic heterocycles. The third-order valence-corrected chi connectivity index (χ3v) is 5.07. The molecule has 1 saturated heterocycles. The third-order valence-electron chi connectivity index (χ3n) is 5.07. The number of hydrogen-bond donors (Lipinski definition) is 1. The molecule has 2 heterocycles. The molecule has 8 heteroatoms. The van der Waals surface area contributed by atoms with Gasteiger partial charge >= 0.3 is 13.1 Å². The van der Waals surface area contributed by atoms with Gasteiger partial charge in [-0.25, -0.2) is 4.79 Å². The average molecular weight is 375 g/mol. The minimum Gasteiger partial charge on any atom is -0.535 e. The largest absolute Gasteiger partial charge is 0.535 e. The molecule has 0 radical (unpaired) electrons.